The number of oxazole rings is 1. The van der Waals surface area contributed by atoms with E-state index in [9.17, 15) is 0 Å². The molecule has 132 valence electrons. The summed E-state index contributed by atoms with van der Waals surface area (Å²) in [7, 11) is 0. The molecule has 0 bridgehead atoms. The summed E-state index contributed by atoms with van der Waals surface area (Å²) in [6.07, 6.45) is 0.699. The first-order valence-corrected chi connectivity index (χ1v) is 9.87. The summed E-state index contributed by atoms with van der Waals surface area (Å²) in [5, 5.41) is 3.19. The van der Waals surface area contributed by atoms with Crippen LogP contribution in [-0.4, -0.2) is 11.6 Å². The van der Waals surface area contributed by atoms with Crippen LogP contribution in [0.25, 0.3) is 21.5 Å². The van der Waals surface area contributed by atoms with Crippen LogP contribution >= 0.6 is 22.9 Å². The second kappa shape index (κ2) is 7.52. The zero-order valence-electron chi connectivity index (χ0n) is 14.4. The number of thiophene rings is 1. The minimum absolute atomic E-state index is 0.512. The Morgan fingerprint density at radius 1 is 1.12 bits per heavy atom. The molecule has 0 N–H and O–H groups in total. The highest BCUT2D eigenvalue weighted by Crippen LogP contribution is 2.33. The summed E-state index contributed by atoms with van der Waals surface area (Å²) >= 11 is 7.71. The quantitative estimate of drug-likeness (QED) is 0.370. The van der Waals surface area contributed by atoms with Crippen molar-refractivity contribution in [2.75, 3.05) is 6.61 Å². The van der Waals surface area contributed by atoms with Gasteiger partial charge in [-0.1, -0.05) is 24.3 Å². The van der Waals surface area contributed by atoms with E-state index in [0.29, 0.717) is 24.8 Å². The van der Waals surface area contributed by atoms with E-state index >= 15 is 0 Å². The molecule has 2 heterocycles. The number of rotatable bonds is 6. The van der Waals surface area contributed by atoms with E-state index in [1.54, 1.807) is 11.3 Å². The monoisotopic (exact) mass is 383 g/mol. The smallest absolute Gasteiger partial charge is 0.226 e. The molecule has 0 unspecified atom stereocenters. The maximum Gasteiger partial charge on any atom is 0.226 e. The molecule has 0 aliphatic heterocycles. The first kappa shape index (κ1) is 17.1. The maximum absolute atomic E-state index is 6.03. The van der Waals surface area contributed by atoms with Crippen molar-refractivity contribution in [1.29, 1.82) is 0 Å². The van der Waals surface area contributed by atoms with Crippen molar-refractivity contribution in [3.05, 3.63) is 70.9 Å². The SMILES string of the molecule is Cc1oc(-c2ccccc2)nc1CCOc1ccc(CCl)c2sccc12. The molecule has 3 nitrogen and oxygen atoms in total. The van der Waals surface area contributed by atoms with Gasteiger partial charge in [-0.15, -0.1) is 22.9 Å². The van der Waals surface area contributed by atoms with Crippen LogP contribution < -0.4 is 4.74 Å². The van der Waals surface area contributed by atoms with Gasteiger partial charge in [0.15, 0.2) is 0 Å². The van der Waals surface area contributed by atoms with Crippen molar-refractivity contribution < 1.29 is 9.15 Å². The van der Waals surface area contributed by atoms with E-state index in [0.717, 1.165) is 33.7 Å². The number of nitrogens with zero attached hydrogens (tertiary/aromatic N) is 1. The zero-order chi connectivity index (χ0) is 17.9. The van der Waals surface area contributed by atoms with Crippen LogP contribution in [0.5, 0.6) is 5.75 Å². The highest BCUT2D eigenvalue weighted by molar-refractivity contribution is 7.17. The summed E-state index contributed by atoms with van der Waals surface area (Å²) in [6, 6.07) is 16.1. The lowest BCUT2D eigenvalue weighted by molar-refractivity contribution is 0.323. The molecule has 0 atom stereocenters. The topological polar surface area (TPSA) is 35.3 Å². The Hall–Kier alpha value is -2.30. The third-order valence-electron chi connectivity index (χ3n) is 4.31. The molecule has 0 spiro atoms. The van der Waals surface area contributed by atoms with Crippen LogP contribution in [0.15, 0.2) is 58.3 Å². The fraction of sp³-hybridized carbons (Fsp3) is 0.190. The van der Waals surface area contributed by atoms with Crippen molar-refractivity contribution in [2.45, 2.75) is 19.2 Å². The molecule has 0 saturated carbocycles. The Morgan fingerprint density at radius 3 is 2.77 bits per heavy atom. The Balaban J connectivity index is 1.47. The lowest BCUT2D eigenvalue weighted by Crippen LogP contribution is -2.03. The van der Waals surface area contributed by atoms with Gasteiger partial charge in [0.05, 0.1) is 12.3 Å². The minimum Gasteiger partial charge on any atom is -0.493 e. The largest absolute Gasteiger partial charge is 0.493 e. The van der Waals surface area contributed by atoms with Crippen molar-refractivity contribution >= 4 is 33.0 Å². The van der Waals surface area contributed by atoms with Gasteiger partial charge in [-0.2, -0.15) is 0 Å². The molecule has 26 heavy (non-hydrogen) atoms. The molecule has 2 aromatic heterocycles. The molecular formula is C21H18ClNO2S. The first-order valence-electron chi connectivity index (χ1n) is 8.46. The number of halogens is 1. The van der Waals surface area contributed by atoms with Crippen LogP contribution in [0.3, 0.4) is 0 Å². The predicted octanol–water partition coefficient (Wildman–Crippen LogP) is 6.23. The molecule has 0 aliphatic carbocycles. The molecular weight excluding hydrogens is 366 g/mol. The van der Waals surface area contributed by atoms with E-state index in [2.05, 4.69) is 16.4 Å². The fourth-order valence-electron chi connectivity index (χ4n) is 2.95. The standard InChI is InChI=1S/C21H18ClNO2S/c1-14-18(23-21(25-14)15-5-3-2-4-6-15)9-11-24-19-8-7-16(13-22)20-17(19)10-12-26-20/h2-8,10,12H,9,11,13H2,1H3. The van der Waals surface area contributed by atoms with Gasteiger partial charge in [0.1, 0.15) is 11.5 Å². The number of benzene rings is 2. The lowest BCUT2D eigenvalue weighted by atomic mass is 10.1. The molecule has 0 radical (unpaired) electrons. The Labute approximate surface area is 161 Å². The normalized spacial score (nSPS) is 11.2. The Morgan fingerprint density at radius 2 is 1.96 bits per heavy atom. The fourth-order valence-corrected chi connectivity index (χ4v) is 4.18. The second-order valence-electron chi connectivity index (χ2n) is 6.01. The van der Waals surface area contributed by atoms with Gasteiger partial charge in [-0.25, -0.2) is 4.98 Å². The highest BCUT2D eigenvalue weighted by Gasteiger charge is 2.12. The molecule has 0 aliphatic rings. The van der Waals surface area contributed by atoms with Crippen molar-refractivity contribution in [2.24, 2.45) is 0 Å². The minimum atomic E-state index is 0.512. The van der Waals surface area contributed by atoms with E-state index in [1.807, 2.05) is 49.4 Å². The van der Waals surface area contributed by atoms with Gasteiger partial charge in [-0.05, 0) is 42.1 Å². The van der Waals surface area contributed by atoms with Crippen LogP contribution in [0, 0.1) is 6.92 Å². The summed E-state index contributed by atoms with van der Waals surface area (Å²) in [5.41, 5.74) is 3.06. The third-order valence-corrected chi connectivity index (χ3v) is 5.59. The van der Waals surface area contributed by atoms with Gasteiger partial charge in [0.25, 0.3) is 0 Å². The van der Waals surface area contributed by atoms with E-state index < -0.39 is 0 Å². The van der Waals surface area contributed by atoms with Crippen molar-refractivity contribution in [3.63, 3.8) is 0 Å². The summed E-state index contributed by atoms with van der Waals surface area (Å²) in [4.78, 5) is 4.63. The number of aromatic nitrogens is 1. The first-order chi connectivity index (χ1) is 12.8. The van der Waals surface area contributed by atoms with E-state index in [-0.39, 0.29) is 0 Å². The number of fused-ring (bicyclic) bond motifs is 1. The van der Waals surface area contributed by atoms with Gasteiger partial charge in [0.2, 0.25) is 5.89 Å². The molecule has 0 saturated heterocycles. The molecule has 4 rings (SSSR count). The lowest BCUT2D eigenvalue weighted by Gasteiger charge is -2.08. The molecule has 0 amide bonds. The number of hydrogen-bond donors (Lipinski definition) is 0. The zero-order valence-corrected chi connectivity index (χ0v) is 15.9. The third kappa shape index (κ3) is 3.35. The highest BCUT2D eigenvalue weighted by atomic mass is 35.5. The molecule has 5 heteroatoms. The van der Waals surface area contributed by atoms with Crippen LogP contribution in [0.2, 0.25) is 0 Å². The second-order valence-corrected chi connectivity index (χ2v) is 7.19. The summed E-state index contributed by atoms with van der Waals surface area (Å²) in [6.45, 7) is 2.49. The number of alkyl halides is 1. The molecule has 4 aromatic rings. The Kier molecular flexibility index (Phi) is 4.96. The average Bonchev–Trinajstić information content (AvgIpc) is 3.30. The van der Waals surface area contributed by atoms with Crippen LogP contribution in [0.4, 0.5) is 0 Å². The van der Waals surface area contributed by atoms with Crippen molar-refractivity contribution in [1.82, 2.24) is 4.98 Å². The van der Waals surface area contributed by atoms with Crippen LogP contribution in [-0.2, 0) is 12.3 Å². The van der Waals surface area contributed by atoms with Crippen LogP contribution in [0.1, 0.15) is 17.0 Å². The summed E-state index contributed by atoms with van der Waals surface area (Å²) in [5.74, 6) is 2.90. The van der Waals surface area contributed by atoms with Gasteiger partial charge in [0, 0.05) is 28.0 Å². The van der Waals surface area contributed by atoms with Crippen molar-refractivity contribution in [3.8, 4) is 17.2 Å². The van der Waals surface area contributed by atoms with E-state index in [4.69, 9.17) is 20.8 Å². The molecule has 0 fully saturated rings. The van der Waals surface area contributed by atoms with Gasteiger partial charge in [-0.3, -0.25) is 0 Å². The maximum atomic E-state index is 6.03. The average molecular weight is 384 g/mol. The van der Waals surface area contributed by atoms with Gasteiger partial charge >= 0.3 is 0 Å². The number of aryl methyl sites for hydroxylation is 1. The van der Waals surface area contributed by atoms with E-state index in [1.165, 1.54) is 4.70 Å². The Bertz CT molecular complexity index is 1020. The molecule has 2 aromatic carbocycles. The summed E-state index contributed by atoms with van der Waals surface area (Å²) < 4.78 is 13.0. The number of ether oxygens (including phenoxy) is 1. The van der Waals surface area contributed by atoms with Gasteiger partial charge < -0.3 is 9.15 Å². The predicted molar refractivity (Wildman–Crippen MR) is 107 cm³/mol. The number of hydrogen-bond acceptors (Lipinski definition) is 4.